The van der Waals surface area contributed by atoms with Crippen molar-refractivity contribution < 1.29 is 14.7 Å². The predicted octanol–water partition coefficient (Wildman–Crippen LogP) is 3.02. The zero-order valence-electron chi connectivity index (χ0n) is 21.9. The number of nitrogens with zero attached hydrogens (tertiary/aromatic N) is 6. The van der Waals surface area contributed by atoms with Crippen LogP contribution in [0.3, 0.4) is 0 Å². The Labute approximate surface area is 231 Å². The lowest BCUT2D eigenvalue weighted by atomic mass is 10.2. The molecular weight excluding hydrogens is 528 g/mol. The van der Waals surface area contributed by atoms with Gasteiger partial charge in [0.2, 0.25) is 6.41 Å². The molecule has 1 saturated heterocycles. The van der Waals surface area contributed by atoms with E-state index in [1.807, 2.05) is 32.0 Å². The van der Waals surface area contributed by atoms with E-state index in [4.69, 9.17) is 16.7 Å². The highest BCUT2D eigenvalue weighted by atomic mass is 35.5. The van der Waals surface area contributed by atoms with Gasteiger partial charge in [0.15, 0.2) is 5.13 Å². The van der Waals surface area contributed by atoms with Crippen LogP contribution in [0.1, 0.15) is 21.1 Å². The summed E-state index contributed by atoms with van der Waals surface area (Å²) in [4.78, 5) is 41.9. The number of carbonyl (C=O) groups excluding carboxylic acids is 2. The number of thiazole rings is 1. The number of piperazine rings is 1. The summed E-state index contributed by atoms with van der Waals surface area (Å²) in [6.07, 6.45) is 2.28. The van der Waals surface area contributed by atoms with Crippen LogP contribution in [0.25, 0.3) is 0 Å². The Kier molecular flexibility index (Phi) is 10.8. The number of hydrogen-bond donors (Lipinski definition) is 3. The number of halogens is 1. The number of benzene rings is 1. The first-order valence-electron chi connectivity index (χ1n) is 12.0. The van der Waals surface area contributed by atoms with Crippen molar-refractivity contribution in [1.29, 1.82) is 0 Å². The van der Waals surface area contributed by atoms with Gasteiger partial charge >= 0.3 is 0 Å². The molecule has 38 heavy (non-hydrogen) atoms. The molecule has 0 aliphatic carbocycles. The number of para-hydroxylation sites is 1. The fourth-order valence-electron chi connectivity index (χ4n) is 3.63. The van der Waals surface area contributed by atoms with Crippen molar-refractivity contribution in [3.05, 3.63) is 51.7 Å². The molecule has 0 unspecified atom stereocenters. The highest BCUT2D eigenvalue weighted by Crippen LogP contribution is 2.28. The van der Waals surface area contributed by atoms with E-state index in [9.17, 15) is 9.59 Å². The normalized spacial score (nSPS) is 13.4. The van der Waals surface area contributed by atoms with Crippen LogP contribution >= 0.6 is 22.9 Å². The standard InChI is InChI=1S/C22H26ClN7O2S.C3H7NO/c1-14-4-3-5-16(23)20(14)28-21(32)17-13-24-22(33-17)27-18-12-19(26-15(2)25-18)30-8-6-29(7-9-30)10-11-31;1-4(2)3-5/h3-5,12-13,31H,6-11H2,1-2H3,(H,28,32)(H,24,25,26,27);3H,1-2H3. The van der Waals surface area contributed by atoms with E-state index >= 15 is 0 Å². The number of rotatable bonds is 8. The molecule has 1 aliphatic heterocycles. The minimum atomic E-state index is -0.267. The molecule has 13 heteroatoms. The minimum absolute atomic E-state index is 0.173. The maximum absolute atomic E-state index is 12.7. The van der Waals surface area contributed by atoms with Crippen LogP contribution in [0.2, 0.25) is 5.02 Å². The van der Waals surface area contributed by atoms with Gasteiger partial charge in [-0.1, -0.05) is 35.1 Å². The average molecular weight is 561 g/mol. The van der Waals surface area contributed by atoms with Gasteiger partial charge in [-0.2, -0.15) is 0 Å². The summed E-state index contributed by atoms with van der Waals surface area (Å²) in [7, 11) is 3.38. The first-order chi connectivity index (χ1) is 18.2. The fraction of sp³-hybridized carbons (Fsp3) is 0.400. The summed E-state index contributed by atoms with van der Waals surface area (Å²) in [5, 5.41) is 16.2. The molecule has 0 radical (unpaired) electrons. The lowest BCUT2D eigenvalue weighted by Crippen LogP contribution is -2.47. The van der Waals surface area contributed by atoms with Crippen molar-refractivity contribution in [3.8, 4) is 0 Å². The first-order valence-corrected chi connectivity index (χ1v) is 13.2. The van der Waals surface area contributed by atoms with Crippen LogP contribution < -0.4 is 15.5 Å². The summed E-state index contributed by atoms with van der Waals surface area (Å²) in [6, 6.07) is 7.37. The molecule has 3 N–H and O–H groups in total. The molecule has 4 rings (SSSR count). The summed E-state index contributed by atoms with van der Waals surface area (Å²) >= 11 is 7.46. The molecule has 204 valence electrons. The monoisotopic (exact) mass is 560 g/mol. The van der Waals surface area contributed by atoms with Gasteiger partial charge in [-0.3, -0.25) is 14.5 Å². The second-order valence-electron chi connectivity index (χ2n) is 8.82. The van der Waals surface area contributed by atoms with Gasteiger partial charge in [0.05, 0.1) is 23.5 Å². The second kappa shape index (κ2) is 14.0. The molecule has 0 bridgehead atoms. The number of aliphatic hydroxyl groups excluding tert-OH is 1. The Morgan fingerprint density at radius 1 is 1.21 bits per heavy atom. The number of nitrogens with one attached hydrogen (secondary N) is 2. The van der Waals surface area contributed by atoms with Crippen molar-refractivity contribution in [2.75, 3.05) is 69.0 Å². The van der Waals surface area contributed by atoms with Gasteiger partial charge in [-0.05, 0) is 25.5 Å². The second-order valence-corrected chi connectivity index (χ2v) is 10.3. The summed E-state index contributed by atoms with van der Waals surface area (Å²) in [5.74, 6) is 1.85. The van der Waals surface area contributed by atoms with Crippen LogP contribution in [0.15, 0.2) is 30.5 Å². The van der Waals surface area contributed by atoms with Gasteiger partial charge in [0.1, 0.15) is 22.3 Å². The molecule has 2 aromatic heterocycles. The Hall–Kier alpha value is -3.32. The third-order valence-electron chi connectivity index (χ3n) is 5.57. The molecule has 0 atom stereocenters. The van der Waals surface area contributed by atoms with E-state index in [1.165, 1.54) is 22.4 Å². The maximum atomic E-state index is 12.7. The number of anilines is 4. The first kappa shape index (κ1) is 29.2. The van der Waals surface area contributed by atoms with E-state index in [-0.39, 0.29) is 12.5 Å². The Morgan fingerprint density at radius 3 is 2.55 bits per heavy atom. The SMILES string of the molecule is CN(C)C=O.Cc1nc(Nc2ncc(C(=O)Nc3c(C)cccc3Cl)s2)cc(N2CCN(CCO)CC2)n1. The number of aliphatic hydroxyl groups is 1. The lowest BCUT2D eigenvalue weighted by molar-refractivity contribution is -0.115. The van der Waals surface area contributed by atoms with Gasteiger partial charge in [0.25, 0.3) is 5.91 Å². The summed E-state index contributed by atoms with van der Waals surface area (Å²) in [6.45, 7) is 8.03. The predicted molar refractivity (Wildman–Crippen MR) is 152 cm³/mol. The van der Waals surface area contributed by atoms with Crippen LogP contribution in [-0.4, -0.2) is 95.6 Å². The molecule has 11 nitrogen and oxygen atoms in total. The van der Waals surface area contributed by atoms with E-state index in [2.05, 4.69) is 35.4 Å². The van der Waals surface area contributed by atoms with E-state index in [0.717, 1.165) is 44.0 Å². The van der Waals surface area contributed by atoms with Crippen molar-refractivity contribution in [1.82, 2.24) is 24.8 Å². The number of carbonyl (C=O) groups is 2. The molecule has 1 aromatic carbocycles. The average Bonchev–Trinajstić information content (AvgIpc) is 3.35. The third kappa shape index (κ3) is 8.35. The number of aromatic nitrogens is 3. The van der Waals surface area contributed by atoms with E-state index in [1.54, 1.807) is 20.2 Å². The third-order valence-corrected chi connectivity index (χ3v) is 6.80. The maximum Gasteiger partial charge on any atom is 0.267 e. The number of aryl methyl sites for hydroxylation is 2. The molecule has 2 amide bonds. The topological polar surface area (TPSA) is 127 Å². The number of β-amino-alcohol motifs (C(OH)–C–C–N with tert-alkyl or cyclic N) is 1. The quantitative estimate of drug-likeness (QED) is 0.356. The molecular formula is C25H33ClN8O3S. The van der Waals surface area contributed by atoms with Crippen molar-refractivity contribution >= 4 is 57.7 Å². The highest BCUT2D eigenvalue weighted by molar-refractivity contribution is 7.17. The molecule has 0 spiro atoms. The number of amides is 2. The Balaban J connectivity index is 0.000000732. The van der Waals surface area contributed by atoms with Crippen molar-refractivity contribution in [3.63, 3.8) is 0 Å². The van der Waals surface area contributed by atoms with Crippen LogP contribution in [0, 0.1) is 13.8 Å². The fourth-order valence-corrected chi connectivity index (χ4v) is 4.62. The zero-order valence-corrected chi connectivity index (χ0v) is 23.5. The summed E-state index contributed by atoms with van der Waals surface area (Å²) < 4.78 is 0. The molecule has 1 fully saturated rings. The van der Waals surface area contributed by atoms with Crippen LogP contribution in [0.5, 0.6) is 0 Å². The van der Waals surface area contributed by atoms with Gasteiger partial charge in [-0.25, -0.2) is 15.0 Å². The smallest absolute Gasteiger partial charge is 0.267 e. The van der Waals surface area contributed by atoms with E-state index in [0.29, 0.717) is 38.9 Å². The van der Waals surface area contributed by atoms with Crippen molar-refractivity contribution in [2.24, 2.45) is 0 Å². The minimum Gasteiger partial charge on any atom is -0.395 e. The van der Waals surface area contributed by atoms with Gasteiger partial charge in [-0.15, -0.1) is 0 Å². The molecule has 3 aromatic rings. The highest BCUT2D eigenvalue weighted by Gasteiger charge is 2.19. The van der Waals surface area contributed by atoms with E-state index < -0.39 is 0 Å². The zero-order chi connectivity index (χ0) is 27.7. The van der Waals surface area contributed by atoms with Crippen LogP contribution in [-0.2, 0) is 4.79 Å². The molecule has 1 aliphatic rings. The number of hydrogen-bond acceptors (Lipinski definition) is 10. The van der Waals surface area contributed by atoms with Crippen molar-refractivity contribution in [2.45, 2.75) is 13.8 Å². The molecule has 0 saturated carbocycles. The van der Waals surface area contributed by atoms with Crippen LogP contribution in [0.4, 0.5) is 22.5 Å². The summed E-state index contributed by atoms with van der Waals surface area (Å²) in [5.41, 5.74) is 1.49. The Bertz CT molecular complexity index is 1210. The lowest BCUT2D eigenvalue weighted by Gasteiger charge is -2.35. The van der Waals surface area contributed by atoms with Gasteiger partial charge in [0, 0.05) is 52.9 Å². The Morgan fingerprint density at radius 2 is 1.92 bits per heavy atom. The van der Waals surface area contributed by atoms with Gasteiger partial charge < -0.3 is 25.5 Å². The largest absolute Gasteiger partial charge is 0.395 e. The molecule has 3 heterocycles.